The Kier molecular flexibility index (Phi) is 5.42. The fraction of sp³-hybridized carbons (Fsp3) is 0.500. The van der Waals surface area contributed by atoms with Gasteiger partial charge in [0.25, 0.3) is 5.91 Å². The average Bonchev–Trinajstić information content (AvgIpc) is 3.36. The predicted octanol–water partition coefficient (Wildman–Crippen LogP) is 1.92. The molecule has 0 aliphatic heterocycles. The van der Waals surface area contributed by atoms with Crippen molar-refractivity contribution in [3.63, 3.8) is 0 Å². The van der Waals surface area contributed by atoms with Gasteiger partial charge in [-0.05, 0) is 49.8 Å². The first-order valence-electron chi connectivity index (χ1n) is 7.58. The zero-order chi connectivity index (χ0) is 14.8. The number of anilines is 1. The second-order valence-corrected chi connectivity index (χ2v) is 6.06. The van der Waals surface area contributed by atoms with E-state index in [1.165, 1.54) is 12.8 Å². The van der Waals surface area contributed by atoms with Crippen LogP contribution in [-0.2, 0) is 4.79 Å². The Hall–Kier alpha value is -1.59. The van der Waals surface area contributed by atoms with Crippen LogP contribution in [0.1, 0.15) is 36.0 Å². The van der Waals surface area contributed by atoms with Crippen molar-refractivity contribution in [3.8, 4) is 0 Å². The molecule has 1 atom stereocenters. The Labute approximate surface area is 136 Å². The first kappa shape index (κ1) is 16.8. The van der Waals surface area contributed by atoms with E-state index in [4.69, 9.17) is 5.73 Å². The summed E-state index contributed by atoms with van der Waals surface area (Å²) >= 11 is 0. The smallest absolute Gasteiger partial charge is 0.251 e. The number of benzene rings is 1. The van der Waals surface area contributed by atoms with Crippen molar-refractivity contribution in [3.05, 3.63) is 29.8 Å². The number of hydrogen-bond acceptors (Lipinski definition) is 3. The second kappa shape index (κ2) is 7.11. The number of nitrogens with one attached hydrogen (secondary N) is 2. The highest BCUT2D eigenvalue weighted by Crippen LogP contribution is 2.31. The van der Waals surface area contributed by atoms with E-state index in [9.17, 15) is 9.59 Å². The molecule has 5 nitrogen and oxygen atoms in total. The monoisotopic (exact) mass is 323 g/mol. The molecule has 0 aromatic heterocycles. The molecule has 0 saturated heterocycles. The van der Waals surface area contributed by atoms with Crippen molar-refractivity contribution in [1.82, 2.24) is 5.32 Å². The Bertz CT molecular complexity index is 556. The van der Waals surface area contributed by atoms with Gasteiger partial charge in [-0.1, -0.05) is 6.07 Å². The summed E-state index contributed by atoms with van der Waals surface area (Å²) in [5.41, 5.74) is 7.19. The maximum absolute atomic E-state index is 12.1. The van der Waals surface area contributed by atoms with E-state index in [1.54, 1.807) is 24.3 Å². The Balaban J connectivity index is 0.00000176. The number of halogens is 1. The molecule has 0 heterocycles. The van der Waals surface area contributed by atoms with Gasteiger partial charge in [0.2, 0.25) is 5.91 Å². The van der Waals surface area contributed by atoms with Crippen LogP contribution in [0.2, 0.25) is 0 Å². The summed E-state index contributed by atoms with van der Waals surface area (Å²) in [6, 6.07) is 7.07. The minimum Gasteiger partial charge on any atom is -0.350 e. The quantitative estimate of drug-likeness (QED) is 0.748. The van der Waals surface area contributed by atoms with Gasteiger partial charge in [0.1, 0.15) is 0 Å². The minimum atomic E-state index is -0.145. The van der Waals surface area contributed by atoms with Crippen molar-refractivity contribution in [2.24, 2.45) is 17.6 Å². The van der Waals surface area contributed by atoms with E-state index in [2.05, 4.69) is 10.6 Å². The summed E-state index contributed by atoms with van der Waals surface area (Å²) in [6.45, 7) is 0.502. The lowest BCUT2D eigenvalue weighted by Gasteiger charge is -2.12. The molecule has 2 aliphatic carbocycles. The molecule has 6 heteroatoms. The molecule has 1 aromatic rings. The molecule has 2 saturated carbocycles. The molecule has 2 fully saturated rings. The molecule has 2 amide bonds. The van der Waals surface area contributed by atoms with Crippen LogP contribution in [0.3, 0.4) is 0 Å². The molecular weight excluding hydrogens is 302 g/mol. The van der Waals surface area contributed by atoms with Crippen LogP contribution in [0.4, 0.5) is 5.69 Å². The van der Waals surface area contributed by atoms with Gasteiger partial charge in [-0.25, -0.2) is 0 Å². The second-order valence-electron chi connectivity index (χ2n) is 6.06. The SMILES string of the molecule is Cl.NC(CNC(=O)c1cccc(NC(=O)C2CC2)c1)C1CC1. The standard InChI is InChI=1S/C16H21N3O2.ClH/c17-14(10-4-5-10)9-18-15(20)12-2-1-3-13(8-12)19-16(21)11-6-7-11;/h1-3,8,10-11,14H,4-7,9,17H2,(H,18,20)(H,19,21);1H. The van der Waals surface area contributed by atoms with Gasteiger partial charge in [0, 0.05) is 29.8 Å². The minimum absolute atomic E-state index is 0. The predicted molar refractivity (Wildman–Crippen MR) is 88.1 cm³/mol. The Morgan fingerprint density at radius 2 is 1.95 bits per heavy atom. The van der Waals surface area contributed by atoms with Gasteiger partial charge >= 0.3 is 0 Å². The highest BCUT2D eigenvalue weighted by Gasteiger charge is 2.30. The average molecular weight is 324 g/mol. The topological polar surface area (TPSA) is 84.2 Å². The molecule has 3 rings (SSSR count). The molecule has 22 heavy (non-hydrogen) atoms. The van der Waals surface area contributed by atoms with Crippen LogP contribution in [0.15, 0.2) is 24.3 Å². The summed E-state index contributed by atoms with van der Waals surface area (Å²) < 4.78 is 0. The van der Waals surface area contributed by atoms with Crippen LogP contribution >= 0.6 is 12.4 Å². The van der Waals surface area contributed by atoms with Crippen molar-refractivity contribution in [2.75, 3.05) is 11.9 Å². The number of rotatable bonds is 6. The maximum Gasteiger partial charge on any atom is 0.251 e. The lowest BCUT2D eigenvalue weighted by Crippen LogP contribution is -2.38. The first-order valence-corrected chi connectivity index (χ1v) is 7.58. The van der Waals surface area contributed by atoms with E-state index in [1.807, 2.05) is 0 Å². The summed E-state index contributed by atoms with van der Waals surface area (Å²) in [7, 11) is 0. The van der Waals surface area contributed by atoms with E-state index in [0.717, 1.165) is 12.8 Å². The zero-order valence-corrected chi connectivity index (χ0v) is 13.2. The largest absolute Gasteiger partial charge is 0.350 e. The van der Waals surface area contributed by atoms with Crippen LogP contribution in [0.5, 0.6) is 0 Å². The van der Waals surface area contributed by atoms with Crippen LogP contribution < -0.4 is 16.4 Å². The third kappa shape index (κ3) is 4.45. The van der Waals surface area contributed by atoms with E-state index >= 15 is 0 Å². The van der Waals surface area contributed by atoms with Gasteiger partial charge < -0.3 is 16.4 Å². The molecule has 1 unspecified atom stereocenters. The molecule has 1 aromatic carbocycles. The highest BCUT2D eigenvalue weighted by molar-refractivity contribution is 5.98. The van der Waals surface area contributed by atoms with Gasteiger partial charge in [0.15, 0.2) is 0 Å². The Morgan fingerprint density at radius 1 is 1.23 bits per heavy atom. The molecule has 4 N–H and O–H groups in total. The maximum atomic E-state index is 12.1. The summed E-state index contributed by atoms with van der Waals surface area (Å²) in [5, 5.41) is 5.71. The van der Waals surface area contributed by atoms with E-state index in [-0.39, 0.29) is 36.2 Å². The van der Waals surface area contributed by atoms with Crippen LogP contribution in [0.25, 0.3) is 0 Å². The lowest BCUT2D eigenvalue weighted by atomic mass is 10.1. The number of carbonyl (C=O) groups excluding carboxylic acids is 2. The molecular formula is C16H22ClN3O2. The van der Waals surface area contributed by atoms with E-state index < -0.39 is 0 Å². The summed E-state index contributed by atoms with van der Waals surface area (Å²) in [6.07, 6.45) is 4.26. The fourth-order valence-corrected chi connectivity index (χ4v) is 2.33. The lowest BCUT2D eigenvalue weighted by molar-refractivity contribution is -0.117. The molecule has 120 valence electrons. The van der Waals surface area contributed by atoms with Crippen molar-refractivity contribution < 1.29 is 9.59 Å². The van der Waals surface area contributed by atoms with Crippen molar-refractivity contribution >= 4 is 29.9 Å². The van der Waals surface area contributed by atoms with Gasteiger partial charge in [0.05, 0.1) is 0 Å². The number of hydrogen-bond donors (Lipinski definition) is 3. The van der Waals surface area contributed by atoms with Crippen LogP contribution in [0, 0.1) is 11.8 Å². The molecule has 0 radical (unpaired) electrons. The van der Waals surface area contributed by atoms with Crippen molar-refractivity contribution in [1.29, 1.82) is 0 Å². The number of carbonyl (C=O) groups is 2. The normalized spacial score (nSPS) is 18.0. The van der Waals surface area contributed by atoms with Gasteiger partial charge in [-0.3, -0.25) is 9.59 Å². The third-order valence-corrected chi connectivity index (χ3v) is 4.07. The summed E-state index contributed by atoms with van der Waals surface area (Å²) in [4.78, 5) is 23.8. The number of amides is 2. The number of nitrogens with two attached hydrogens (primary N) is 1. The molecule has 2 aliphatic rings. The van der Waals surface area contributed by atoms with Crippen LogP contribution in [-0.4, -0.2) is 24.4 Å². The van der Waals surface area contributed by atoms with Gasteiger partial charge in [-0.2, -0.15) is 0 Å². The molecule has 0 spiro atoms. The third-order valence-electron chi connectivity index (χ3n) is 4.07. The first-order chi connectivity index (χ1) is 10.1. The molecule has 0 bridgehead atoms. The highest BCUT2D eigenvalue weighted by atomic mass is 35.5. The van der Waals surface area contributed by atoms with Crippen molar-refractivity contribution in [2.45, 2.75) is 31.7 Å². The Morgan fingerprint density at radius 3 is 2.59 bits per heavy atom. The summed E-state index contributed by atoms with van der Waals surface area (Å²) in [5.74, 6) is 0.616. The zero-order valence-electron chi connectivity index (χ0n) is 12.4. The van der Waals surface area contributed by atoms with Gasteiger partial charge in [-0.15, -0.1) is 12.4 Å². The van der Waals surface area contributed by atoms with E-state index in [0.29, 0.717) is 23.7 Å². The fourth-order valence-electron chi connectivity index (χ4n) is 2.33.